The highest BCUT2D eigenvalue weighted by molar-refractivity contribution is 5.23. The predicted octanol–water partition coefficient (Wildman–Crippen LogP) is 1.99. The Morgan fingerprint density at radius 2 is 1.79 bits per heavy atom. The van der Waals surface area contributed by atoms with Crippen molar-refractivity contribution < 1.29 is 0 Å². The van der Waals surface area contributed by atoms with Crippen LogP contribution in [0.3, 0.4) is 0 Å². The summed E-state index contributed by atoms with van der Waals surface area (Å²) in [4.78, 5) is 0. The van der Waals surface area contributed by atoms with E-state index in [0.717, 1.165) is 0 Å². The number of benzene rings is 1. The topological polar surface area (TPSA) is 38.0 Å². The molecule has 3 N–H and O–H groups in total. The van der Waals surface area contributed by atoms with Crippen molar-refractivity contribution in [1.29, 1.82) is 0 Å². The van der Waals surface area contributed by atoms with Crippen molar-refractivity contribution in [2.24, 2.45) is 5.73 Å². The van der Waals surface area contributed by atoms with Crippen LogP contribution in [0.25, 0.3) is 0 Å². The van der Waals surface area contributed by atoms with Crippen LogP contribution >= 0.6 is 0 Å². The number of nitrogens with two attached hydrogens (primary N) is 1. The van der Waals surface area contributed by atoms with Gasteiger partial charge in [0, 0.05) is 18.6 Å². The van der Waals surface area contributed by atoms with Gasteiger partial charge in [0.05, 0.1) is 0 Å². The van der Waals surface area contributed by atoms with Gasteiger partial charge in [-0.25, -0.2) is 0 Å². The molecule has 0 heterocycles. The molecule has 1 rings (SSSR count). The molecule has 0 amide bonds. The van der Waals surface area contributed by atoms with E-state index in [1.807, 2.05) is 0 Å². The van der Waals surface area contributed by atoms with Crippen LogP contribution < -0.4 is 11.1 Å². The van der Waals surface area contributed by atoms with E-state index >= 15 is 0 Å². The van der Waals surface area contributed by atoms with E-state index in [-0.39, 0.29) is 0 Å². The molecule has 0 saturated heterocycles. The first-order valence-electron chi connectivity index (χ1n) is 5.16. The van der Waals surface area contributed by atoms with Crippen LogP contribution in [0.4, 0.5) is 0 Å². The van der Waals surface area contributed by atoms with Crippen molar-refractivity contribution >= 4 is 0 Å². The van der Waals surface area contributed by atoms with Gasteiger partial charge in [-0.2, -0.15) is 0 Å². The van der Waals surface area contributed by atoms with Gasteiger partial charge >= 0.3 is 0 Å². The van der Waals surface area contributed by atoms with Crippen molar-refractivity contribution in [3.63, 3.8) is 0 Å². The predicted molar refractivity (Wildman–Crippen MR) is 61.2 cm³/mol. The first-order valence-corrected chi connectivity index (χ1v) is 5.16. The molecule has 2 heteroatoms. The molecule has 0 fully saturated rings. The normalized spacial score (nSPS) is 15.1. The standard InChI is InChI=1S/C12H20N2/c1-9-4-6-12(7-5-9)11(3)14-10(2)8-13/h4-7,10-11,14H,8,13H2,1-3H3/t10?,11-/m1/s1. The van der Waals surface area contributed by atoms with Crippen molar-refractivity contribution in [2.75, 3.05) is 6.54 Å². The van der Waals surface area contributed by atoms with Gasteiger partial charge in [0.15, 0.2) is 0 Å². The van der Waals surface area contributed by atoms with Crippen molar-refractivity contribution in [2.45, 2.75) is 32.9 Å². The molecule has 2 nitrogen and oxygen atoms in total. The second kappa shape index (κ2) is 5.13. The van der Waals surface area contributed by atoms with Gasteiger partial charge in [-0.3, -0.25) is 0 Å². The lowest BCUT2D eigenvalue weighted by molar-refractivity contribution is 0.485. The van der Waals surface area contributed by atoms with Gasteiger partial charge in [-0.1, -0.05) is 29.8 Å². The molecule has 1 aromatic rings. The molecule has 0 aliphatic carbocycles. The van der Waals surface area contributed by atoms with E-state index in [1.165, 1.54) is 11.1 Å². The number of nitrogens with one attached hydrogen (secondary N) is 1. The van der Waals surface area contributed by atoms with Crippen molar-refractivity contribution in [3.05, 3.63) is 35.4 Å². The number of hydrogen-bond donors (Lipinski definition) is 2. The molecule has 0 bridgehead atoms. The second-order valence-corrected chi connectivity index (χ2v) is 3.94. The van der Waals surface area contributed by atoms with Crippen LogP contribution in [0.5, 0.6) is 0 Å². The van der Waals surface area contributed by atoms with Crippen molar-refractivity contribution in [3.8, 4) is 0 Å². The highest BCUT2D eigenvalue weighted by Gasteiger charge is 2.07. The molecule has 0 aromatic heterocycles. The Balaban J connectivity index is 2.60. The third-order valence-corrected chi connectivity index (χ3v) is 2.47. The van der Waals surface area contributed by atoms with Gasteiger partial charge in [0.1, 0.15) is 0 Å². The summed E-state index contributed by atoms with van der Waals surface area (Å²) < 4.78 is 0. The number of rotatable bonds is 4. The van der Waals surface area contributed by atoms with Gasteiger partial charge in [-0.15, -0.1) is 0 Å². The molecule has 1 aromatic carbocycles. The molecule has 0 radical (unpaired) electrons. The highest BCUT2D eigenvalue weighted by atomic mass is 15.0. The van der Waals surface area contributed by atoms with Crippen LogP contribution in [-0.4, -0.2) is 12.6 Å². The number of hydrogen-bond acceptors (Lipinski definition) is 2. The Hall–Kier alpha value is -0.860. The largest absolute Gasteiger partial charge is 0.329 e. The summed E-state index contributed by atoms with van der Waals surface area (Å²) in [5, 5.41) is 3.44. The van der Waals surface area contributed by atoms with E-state index in [2.05, 4.69) is 50.4 Å². The first-order chi connectivity index (χ1) is 6.63. The fraction of sp³-hybridized carbons (Fsp3) is 0.500. The lowest BCUT2D eigenvalue weighted by Crippen LogP contribution is -2.34. The fourth-order valence-electron chi connectivity index (χ4n) is 1.45. The Labute approximate surface area is 86.5 Å². The fourth-order valence-corrected chi connectivity index (χ4v) is 1.45. The molecule has 2 atom stereocenters. The highest BCUT2D eigenvalue weighted by Crippen LogP contribution is 2.13. The number of aryl methyl sites for hydroxylation is 1. The van der Waals surface area contributed by atoms with Gasteiger partial charge in [-0.05, 0) is 26.3 Å². The Bertz CT molecular complexity index is 266. The molecular formula is C12H20N2. The average Bonchev–Trinajstić information content (AvgIpc) is 2.18. The summed E-state index contributed by atoms with van der Waals surface area (Å²) in [6.07, 6.45) is 0. The summed E-state index contributed by atoms with van der Waals surface area (Å²) in [6, 6.07) is 9.34. The minimum absolute atomic E-state index is 0.367. The summed E-state index contributed by atoms with van der Waals surface area (Å²) in [5.41, 5.74) is 8.17. The van der Waals surface area contributed by atoms with Gasteiger partial charge in [0.2, 0.25) is 0 Å². The van der Waals surface area contributed by atoms with E-state index in [1.54, 1.807) is 0 Å². The summed E-state index contributed by atoms with van der Waals surface area (Å²) in [7, 11) is 0. The van der Waals surface area contributed by atoms with E-state index < -0.39 is 0 Å². The molecule has 0 aliphatic heterocycles. The first kappa shape index (κ1) is 11.2. The molecule has 1 unspecified atom stereocenters. The van der Waals surface area contributed by atoms with Gasteiger partial charge in [0.25, 0.3) is 0 Å². The quantitative estimate of drug-likeness (QED) is 0.765. The lowest BCUT2D eigenvalue weighted by Gasteiger charge is -2.19. The smallest absolute Gasteiger partial charge is 0.0294 e. The minimum atomic E-state index is 0.367. The Morgan fingerprint density at radius 1 is 1.21 bits per heavy atom. The van der Waals surface area contributed by atoms with Crippen molar-refractivity contribution in [1.82, 2.24) is 5.32 Å². The molecule has 14 heavy (non-hydrogen) atoms. The van der Waals surface area contributed by atoms with Crippen LogP contribution in [-0.2, 0) is 0 Å². The summed E-state index contributed by atoms with van der Waals surface area (Å²) in [5.74, 6) is 0. The van der Waals surface area contributed by atoms with Crippen LogP contribution in [0.2, 0.25) is 0 Å². The lowest BCUT2D eigenvalue weighted by atomic mass is 10.1. The maximum Gasteiger partial charge on any atom is 0.0294 e. The maximum absolute atomic E-state index is 5.56. The zero-order valence-corrected chi connectivity index (χ0v) is 9.25. The second-order valence-electron chi connectivity index (χ2n) is 3.94. The van der Waals surface area contributed by atoms with Crippen LogP contribution in [0, 0.1) is 6.92 Å². The molecule has 0 spiro atoms. The average molecular weight is 192 g/mol. The maximum atomic E-state index is 5.56. The summed E-state index contributed by atoms with van der Waals surface area (Å²) >= 11 is 0. The Kier molecular flexibility index (Phi) is 4.11. The molecular weight excluding hydrogens is 172 g/mol. The third-order valence-electron chi connectivity index (χ3n) is 2.47. The minimum Gasteiger partial charge on any atom is -0.329 e. The van der Waals surface area contributed by atoms with Gasteiger partial charge < -0.3 is 11.1 Å². The summed E-state index contributed by atoms with van der Waals surface area (Å²) in [6.45, 7) is 7.04. The third kappa shape index (κ3) is 3.13. The molecule has 0 aliphatic rings. The zero-order valence-electron chi connectivity index (χ0n) is 9.25. The zero-order chi connectivity index (χ0) is 10.6. The van der Waals surface area contributed by atoms with E-state index in [4.69, 9.17) is 5.73 Å². The Morgan fingerprint density at radius 3 is 2.29 bits per heavy atom. The van der Waals surface area contributed by atoms with Crippen LogP contribution in [0.15, 0.2) is 24.3 Å². The van der Waals surface area contributed by atoms with E-state index in [0.29, 0.717) is 18.6 Å². The molecule has 78 valence electrons. The molecule has 0 saturated carbocycles. The van der Waals surface area contributed by atoms with E-state index in [9.17, 15) is 0 Å². The SMILES string of the molecule is Cc1ccc([C@@H](C)NC(C)CN)cc1. The monoisotopic (exact) mass is 192 g/mol. The van der Waals surface area contributed by atoms with Crippen LogP contribution in [0.1, 0.15) is 31.0 Å².